The lowest BCUT2D eigenvalue weighted by atomic mass is 9.97. The standard InChI is InChI=1S/C26H30N4/c1-7-19(14-27-17(4)5)20-11-21-12-23(29-15-18(6)10-22(29)8-2)16-30-26(21)24(13-20)25(9-3)28-30/h7-9,11-14,18,22H,2-4,10,15-16H2,1,5-6H3/b19-7+,27-14-. The summed E-state index contributed by atoms with van der Waals surface area (Å²) in [6.45, 7) is 20.0. The Labute approximate surface area is 179 Å². The first-order valence-electron chi connectivity index (χ1n) is 10.6. The molecular weight excluding hydrogens is 368 g/mol. The molecule has 0 radical (unpaired) electrons. The van der Waals surface area contributed by atoms with Crippen LogP contribution in [0.25, 0.3) is 28.6 Å². The number of aromatic nitrogens is 2. The van der Waals surface area contributed by atoms with Crippen molar-refractivity contribution in [3.8, 4) is 0 Å². The highest BCUT2D eigenvalue weighted by molar-refractivity contribution is 6.12. The van der Waals surface area contributed by atoms with Gasteiger partial charge in [0.15, 0.2) is 0 Å². The summed E-state index contributed by atoms with van der Waals surface area (Å²) < 4.78 is 2.13. The molecule has 1 fully saturated rings. The van der Waals surface area contributed by atoms with Crippen LogP contribution >= 0.6 is 0 Å². The van der Waals surface area contributed by atoms with Gasteiger partial charge in [0.2, 0.25) is 0 Å². The molecule has 4 rings (SSSR count). The molecule has 1 saturated heterocycles. The SMILES string of the molecule is C=Cc1nn2c3c(cc(C(/C=N\C(=C)C)=C/C)cc13)C=C(N1CC(C)CC1C=C)C2. The maximum absolute atomic E-state index is 4.87. The van der Waals surface area contributed by atoms with Gasteiger partial charge in [-0.2, -0.15) is 5.10 Å². The Bertz CT molecular complexity index is 1130. The van der Waals surface area contributed by atoms with E-state index in [0.717, 1.165) is 47.4 Å². The highest BCUT2D eigenvalue weighted by Crippen LogP contribution is 2.36. The quantitative estimate of drug-likeness (QED) is 0.446. The van der Waals surface area contributed by atoms with Crippen molar-refractivity contribution in [2.24, 2.45) is 10.9 Å². The Hall–Kier alpha value is -3.14. The van der Waals surface area contributed by atoms with Crippen molar-refractivity contribution >= 4 is 34.8 Å². The molecule has 2 aliphatic rings. The number of allylic oxidation sites excluding steroid dienone is 4. The monoisotopic (exact) mass is 398 g/mol. The first-order chi connectivity index (χ1) is 14.4. The van der Waals surface area contributed by atoms with Gasteiger partial charge in [-0.25, -0.2) is 0 Å². The van der Waals surface area contributed by atoms with E-state index < -0.39 is 0 Å². The van der Waals surface area contributed by atoms with Gasteiger partial charge in [0.25, 0.3) is 0 Å². The van der Waals surface area contributed by atoms with E-state index in [1.807, 2.05) is 26.1 Å². The minimum absolute atomic E-state index is 0.384. The van der Waals surface area contributed by atoms with Gasteiger partial charge in [-0.15, -0.1) is 6.58 Å². The lowest BCUT2D eigenvalue weighted by Crippen LogP contribution is -2.30. The summed E-state index contributed by atoms with van der Waals surface area (Å²) in [5.74, 6) is 0.663. The average Bonchev–Trinajstić information content (AvgIpc) is 3.28. The molecule has 0 bridgehead atoms. The number of hydrogen-bond acceptors (Lipinski definition) is 3. The largest absolute Gasteiger partial charge is 0.367 e. The van der Waals surface area contributed by atoms with Gasteiger partial charge < -0.3 is 4.90 Å². The van der Waals surface area contributed by atoms with Crippen molar-refractivity contribution in [2.75, 3.05) is 6.54 Å². The van der Waals surface area contributed by atoms with Crippen molar-refractivity contribution in [1.29, 1.82) is 0 Å². The lowest BCUT2D eigenvalue weighted by Gasteiger charge is -2.30. The van der Waals surface area contributed by atoms with E-state index in [9.17, 15) is 0 Å². The normalized spacial score (nSPS) is 21.4. The fourth-order valence-electron chi connectivity index (χ4n) is 4.60. The van der Waals surface area contributed by atoms with E-state index in [0.29, 0.717) is 12.0 Å². The summed E-state index contributed by atoms with van der Waals surface area (Å²) in [7, 11) is 0. The lowest BCUT2D eigenvalue weighted by molar-refractivity contribution is 0.339. The molecule has 2 aromatic rings. The molecule has 0 amide bonds. The number of hydrogen-bond donors (Lipinski definition) is 0. The van der Waals surface area contributed by atoms with Crippen LogP contribution in [0.4, 0.5) is 0 Å². The van der Waals surface area contributed by atoms with Crippen LogP contribution in [-0.4, -0.2) is 33.5 Å². The van der Waals surface area contributed by atoms with Crippen molar-refractivity contribution in [3.05, 3.63) is 72.2 Å². The maximum atomic E-state index is 4.87. The summed E-state index contributed by atoms with van der Waals surface area (Å²) in [5, 5.41) is 6.00. The molecule has 0 N–H and O–H groups in total. The number of nitrogens with zero attached hydrogens (tertiary/aromatic N) is 4. The molecular formula is C26H30N4. The highest BCUT2D eigenvalue weighted by atomic mass is 15.3. The fraction of sp³-hybridized carbons (Fsp3) is 0.308. The molecule has 0 spiro atoms. The van der Waals surface area contributed by atoms with Gasteiger partial charge >= 0.3 is 0 Å². The zero-order valence-electron chi connectivity index (χ0n) is 18.2. The molecule has 30 heavy (non-hydrogen) atoms. The topological polar surface area (TPSA) is 33.4 Å². The average molecular weight is 399 g/mol. The smallest absolute Gasteiger partial charge is 0.0924 e. The van der Waals surface area contributed by atoms with Crippen LogP contribution in [-0.2, 0) is 6.54 Å². The second-order valence-corrected chi connectivity index (χ2v) is 8.38. The third-order valence-electron chi connectivity index (χ3n) is 5.99. The van der Waals surface area contributed by atoms with Crippen LogP contribution in [0.3, 0.4) is 0 Å². The second kappa shape index (κ2) is 7.94. The van der Waals surface area contributed by atoms with Gasteiger partial charge in [-0.05, 0) is 61.6 Å². The molecule has 1 aromatic heterocycles. The predicted molar refractivity (Wildman–Crippen MR) is 129 cm³/mol. The van der Waals surface area contributed by atoms with Crippen LogP contribution in [0.15, 0.2) is 60.4 Å². The van der Waals surface area contributed by atoms with E-state index in [1.54, 1.807) is 0 Å². The molecule has 3 heterocycles. The molecule has 1 aromatic carbocycles. The Balaban J connectivity index is 1.86. The van der Waals surface area contributed by atoms with E-state index in [4.69, 9.17) is 5.10 Å². The Morgan fingerprint density at radius 2 is 2.10 bits per heavy atom. The van der Waals surface area contributed by atoms with E-state index >= 15 is 0 Å². The van der Waals surface area contributed by atoms with E-state index in [-0.39, 0.29) is 0 Å². The summed E-state index contributed by atoms with van der Waals surface area (Å²) in [6.07, 6.45) is 11.4. The number of rotatable bonds is 6. The van der Waals surface area contributed by atoms with Crippen molar-refractivity contribution < 1.29 is 0 Å². The molecule has 154 valence electrons. The van der Waals surface area contributed by atoms with Crippen LogP contribution < -0.4 is 0 Å². The Morgan fingerprint density at radius 1 is 1.30 bits per heavy atom. The van der Waals surface area contributed by atoms with Crippen molar-refractivity contribution in [1.82, 2.24) is 14.7 Å². The molecule has 4 nitrogen and oxygen atoms in total. The van der Waals surface area contributed by atoms with Crippen LogP contribution in [0.1, 0.15) is 44.0 Å². The van der Waals surface area contributed by atoms with Crippen molar-refractivity contribution in [2.45, 2.75) is 39.8 Å². The number of aliphatic imine (C=N–C) groups is 1. The van der Waals surface area contributed by atoms with Crippen LogP contribution in [0.5, 0.6) is 0 Å². The number of benzene rings is 1. The first-order valence-corrected chi connectivity index (χ1v) is 10.6. The molecule has 2 aliphatic heterocycles. The summed E-state index contributed by atoms with van der Waals surface area (Å²) in [5.41, 5.74) is 7.56. The Morgan fingerprint density at radius 3 is 2.77 bits per heavy atom. The zero-order chi connectivity index (χ0) is 21.4. The molecule has 2 unspecified atom stereocenters. The summed E-state index contributed by atoms with van der Waals surface area (Å²) in [6, 6.07) is 4.83. The maximum Gasteiger partial charge on any atom is 0.0924 e. The minimum atomic E-state index is 0.384. The van der Waals surface area contributed by atoms with Gasteiger partial charge in [-0.1, -0.05) is 32.2 Å². The van der Waals surface area contributed by atoms with Crippen molar-refractivity contribution in [3.63, 3.8) is 0 Å². The Kier molecular flexibility index (Phi) is 5.33. The van der Waals surface area contributed by atoms with Gasteiger partial charge in [0.05, 0.1) is 17.8 Å². The van der Waals surface area contributed by atoms with Gasteiger partial charge in [-0.3, -0.25) is 9.67 Å². The van der Waals surface area contributed by atoms with Crippen LogP contribution in [0, 0.1) is 5.92 Å². The van der Waals surface area contributed by atoms with Crippen LogP contribution in [0.2, 0.25) is 0 Å². The third-order valence-corrected chi connectivity index (χ3v) is 5.99. The zero-order valence-corrected chi connectivity index (χ0v) is 18.2. The summed E-state index contributed by atoms with van der Waals surface area (Å²) in [4.78, 5) is 6.91. The molecule has 0 saturated carbocycles. The fourth-order valence-corrected chi connectivity index (χ4v) is 4.60. The molecule has 2 atom stereocenters. The first kappa shape index (κ1) is 20.1. The van der Waals surface area contributed by atoms with E-state index in [1.165, 1.54) is 16.8 Å². The number of likely N-dealkylation sites (tertiary alicyclic amines) is 1. The van der Waals surface area contributed by atoms with Gasteiger partial charge in [0.1, 0.15) is 0 Å². The summed E-state index contributed by atoms with van der Waals surface area (Å²) >= 11 is 0. The van der Waals surface area contributed by atoms with Gasteiger partial charge in [0, 0.05) is 41.1 Å². The highest BCUT2D eigenvalue weighted by Gasteiger charge is 2.31. The minimum Gasteiger partial charge on any atom is -0.367 e. The third kappa shape index (κ3) is 3.47. The predicted octanol–water partition coefficient (Wildman–Crippen LogP) is 5.94. The second-order valence-electron chi connectivity index (χ2n) is 8.38. The van der Waals surface area contributed by atoms with E-state index in [2.05, 4.69) is 71.6 Å². The molecule has 0 aliphatic carbocycles. The molecule has 4 heteroatoms.